The Hall–Kier alpha value is -1.02. The molecule has 1 aromatic rings. The first-order valence-electron chi connectivity index (χ1n) is 9.53. The third-order valence-electron chi connectivity index (χ3n) is 4.80. The smallest absolute Gasteiger partial charge is 0.191 e. The molecule has 0 unspecified atom stereocenters. The highest BCUT2D eigenvalue weighted by Crippen LogP contribution is 2.18. The molecule has 5 nitrogen and oxygen atoms in total. The average Bonchev–Trinajstić information content (AvgIpc) is 2.91. The topological polar surface area (TPSA) is 48.9 Å². The molecule has 1 fully saturated rings. The van der Waals surface area contributed by atoms with Gasteiger partial charge in [0.05, 0.1) is 7.11 Å². The Morgan fingerprint density at radius 3 is 2.54 bits per heavy atom. The van der Waals surface area contributed by atoms with Crippen LogP contribution in [0, 0.1) is 6.92 Å². The van der Waals surface area contributed by atoms with Crippen LogP contribution in [-0.2, 0) is 6.54 Å². The molecule has 0 amide bonds. The first kappa shape index (κ1) is 23.0. The van der Waals surface area contributed by atoms with Crippen LogP contribution in [0.2, 0.25) is 0 Å². The second kappa shape index (κ2) is 13.2. The molecule has 0 bridgehead atoms. The highest BCUT2D eigenvalue weighted by molar-refractivity contribution is 14.0. The van der Waals surface area contributed by atoms with Crippen LogP contribution < -0.4 is 15.4 Å². The van der Waals surface area contributed by atoms with Crippen LogP contribution in [0.3, 0.4) is 0 Å². The van der Waals surface area contributed by atoms with Gasteiger partial charge < -0.3 is 20.3 Å². The average molecular weight is 474 g/mol. The molecule has 1 heterocycles. The van der Waals surface area contributed by atoms with Crippen molar-refractivity contribution in [2.24, 2.45) is 4.99 Å². The summed E-state index contributed by atoms with van der Waals surface area (Å²) in [4.78, 5) is 6.91. The van der Waals surface area contributed by atoms with Gasteiger partial charge in [-0.3, -0.25) is 4.99 Å². The Labute approximate surface area is 176 Å². The van der Waals surface area contributed by atoms with Crippen molar-refractivity contribution in [3.63, 3.8) is 0 Å². The second-order valence-electron chi connectivity index (χ2n) is 6.77. The van der Waals surface area contributed by atoms with Gasteiger partial charge in [-0.05, 0) is 63.0 Å². The van der Waals surface area contributed by atoms with E-state index in [1.54, 1.807) is 7.11 Å². The van der Waals surface area contributed by atoms with Crippen LogP contribution in [0.1, 0.15) is 43.2 Å². The Balaban J connectivity index is 0.00000338. The Kier molecular flexibility index (Phi) is 11.7. The minimum atomic E-state index is 0. The van der Waals surface area contributed by atoms with Crippen molar-refractivity contribution < 1.29 is 4.74 Å². The number of benzene rings is 1. The lowest BCUT2D eigenvalue weighted by atomic mass is 10.1. The number of hydrogen-bond donors (Lipinski definition) is 2. The third kappa shape index (κ3) is 8.12. The lowest BCUT2D eigenvalue weighted by Gasteiger charge is -2.20. The summed E-state index contributed by atoms with van der Waals surface area (Å²) in [7, 11) is 3.53. The van der Waals surface area contributed by atoms with Crippen molar-refractivity contribution in [2.75, 3.05) is 40.3 Å². The molecule has 0 radical (unpaired) electrons. The number of rotatable bonds is 7. The summed E-state index contributed by atoms with van der Waals surface area (Å²) in [6.07, 6.45) is 6.66. The maximum Gasteiger partial charge on any atom is 0.191 e. The summed E-state index contributed by atoms with van der Waals surface area (Å²) >= 11 is 0. The molecule has 0 aliphatic carbocycles. The number of aliphatic imine (C=N–C) groups is 1. The predicted molar refractivity (Wildman–Crippen MR) is 121 cm³/mol. The van der Waals surface area contributed by atoms with E-state index in [0.717, 1.165) is 36.8 Å². The van der Waals surface area contributed by atoms with Gasteiger partial charge in [-0.2, -0.15) is 0 Å². The molecule has 1 aliphatic rings. The SMILES string of the molecule is CN=C(NCCCN1CCCCCC1)NCc1ccc(C)c(OC)c1.I. The number of methoxy groups -OCH3 is 1. The van der Waals surface area contributed by atoms with Gasteiger partial charge >= 0.3 is 0 Å². The van der Waals surface area contributed by atoms with E-state index in [1.165, 1.54) is 50.9 Å². The first-order valence-corrected chi connectivity index (χ1v) is 9.53. The number of nitrogens with one attached hydrogen (secondary N) is 2. The zero-order chi connectivity index (χ0) is 17.9. The van der Waals surface area contributed by atoms with E-state index in [1.807, 2.05) is 7.05 Å². The summed E-state index contributed by atoms with van der Waals surface area (Å²) in [5, 5.41) is 6.79. The molecule has 0 spiro atoms. The highest BCUT2D eigenvalue weighted by atomic mass is 127. The molecule has 2 N–H and O–H groups in total. The number of guanidine groups is 1. The van der Waals surface area contributed by atoms with Crippen molar-refractivity contribution in [1.82, 2.24) is 15.5 Å². The predicted octanol–water partition coefficient (Wildman–Crippen LogP) is 3.55. The highest BCUT2D eigenvalue weighted by Gasteiger charge is 2.08. The van der Waals surface area contributed by atoms with E-state index in [2.05, 4.69) is 45.6 Å². The molecule has 0 aromatic heterocycles. The minimum Gasteiger partial charge on any atom is -0.496 e. The van der Waals surface area contributed by atoms with Crippen LogP contribution in [0.15, 0.2) is 23.2 Å². The largest absolute Gasteiger partial charge is 0.496 e. The zero-order valence-corrected chi connectivity index (χ0v) is 18.8. The Morgan fingerprint density at radius 1 is 1.15 bits per heavy atom. The molecule has 1 saturated heterocycles. The van der Waals surface area contributed by atoms with Crippen molar-refractivity contribution in [3.8, 4) is 5.75 Å². The molecule has 0 saturated carbocycles. The first-order chi connectivity index (χ1) is 12.2. The maximum atomic E-state index is 5.39. The number of halogens is 1. The van der Waals surface area contributed by atoms with Crippen molar-refractivity contribution in [3.05, 3.63) is 29.3 Å². The summed E-state index contributed by atoms with van der Waals surface area (Å²) < 4.78 is 5.39. The Morgan fingerprint density at radius 2 is 1.88 bits per heavy atom. The number of likely N-dealkylation sites (tertiary alicyclic amines) is 1. The molecular formula is C20H35IN4O. The van der Waals surface area contributed by atoms with E-state index in [-0.39, 0.29) is 24.0 Å². The van der Waals surface area contributed by atoms with Crippen LogP contribution in [0.5, 0.6) is 5.75 Å². The fraction of sp³-hybridized carbons (Fsp3) is 0.650. The van der Waals surface area contributed by atoms with Gasteiger partial charge in [-0.1, -0.05) is 25.0 Å². The van der Waals surface area contributed by atoms with Gasteiger partial charge in [0.25, 0.3) is 0 Å². The van der Waals surface area contributed by atoms with Crippen molar-refractivity contribution >= 4 is 29.9 Å². The van der Waals surface area contributed by atoms with E-state index in [4.69, 9.17) is 4.74 Å². The summed E-state index contributed by atoms with van der Waals surface area (Å²) in [6.45, 7) is 7.46. The second-order valence-corrected chi connectivity index (χ2v) is 6.77. The van der Waals surface area contributed by atoms with Crippen LogP contribution in [0.4, 0.5) is 0 Å². The maximum absolute atomic E-state index is 5.39. The molecule has 26 heavy (non-hydrogen) atoms. The standard InChI is InChI=1S/C20H34N4O.HI/c1-17-9-10-18(15-19(17)25-3)16-23-20(21-2)22-11-8-14-24-12-6-4-5-7-13-24;/h9-10,15H,4-8,11-14,16H2,1-3H3,(H2,21,22,23);1H. The number of ether oxygens (including phenoxy) is 1. The van der Waals surface area contributed by atoms with Crippen LogP contribution in [0.25, 0.3) is 0 Å². The van der Waals surface area contributed by atoms with Crippen LogP contribution >= 0.6 is 24.0 Å². The molecule has 1 aromatic carbocycles. The molecule has 0 atom stereocenters. The minimum absolute atomic E-state index is 0. The lowest BCUT2D eigenvalue weighted by molar-refractivity contribution is 0.282. The molecule has 2 rings (SSSR count). The van der Waals surface area contributed by atoms with Gasteiger partial charge in [0.1, 0.15) is 5.75 Å². The van der Waals surface area contributed by atoms with Gasteiger partial charge in [0.2, 0.25) is 0 Å². The van der Waals surface area contributed by atoms with E-state index in [0.29, 0.717) is 0 Å². The number of hydrogen-bond acceptors (Lipinski definition) is 3. The van der Waals surface area contributed by atoms with Gasteiger partial charge in [-0.15, -0.1) is 24.0 Å². The lowest BCUT2D eigenvalue weighted by Crippen LogP contribution is -2.38. The quantitative estimate of drug-likeness (QED) is 0.275. The summed E-state index contributed by atoms with van der Waals surface area (Å²) in [6, 6.07) is 6.29. The molecular weight excluding hydrogens is 439 g/mol. The van der Waals surface area contributed by atoms with Gasteiger partial charge in [-0.25, -0.2) is 0 Å². The fourth-order valence-corrected chi connectivity index (χ4v) is 3.25. The number of aryl methyl sites for hydroxylation is 1. The van der Waals surface area contributed by atoms with Crippen LogP contribution in [-0.4, -0.2) is 51.2 Å². The summed E-state index contributed by atoms with van der Waals surface area (Å²) in [5.41, 5.74) is 2.34. The normalized spacial score (nSPS) is 15.7. The van der Waals surface area contributed by atoms with E-state index in [9.17, 15) is 0 Å². The molecule has 6 heteroatoms. The molecule has 148 valence electrons. The fourth-order valence-electron chi connectivity index (χ4n) is 3.25. The zero-order valence-electron chi connectivity index (χ0n) is 16.5. The number of nitrogens with zero attached hydrogens (tertiary/aromatic N) is 2. The van der Waals surface area contributed by atoms with E-state index < -0.39 is 0 Å². The molecule has 1 aliphatic heterocycles. The monoisotopic (exact) mass is 474 g/mol. The third-order valence-corrected chi connectivity index (χ3v) is 4.80. The van der Waals surface area contributed by atoms with Gasteiger partial charge in [0.15, 0.2) is 5.96 Å². The van der Waals surface area contributed by atoms with Gasteiger partial charge in [0, 0.05) is 20.1 Å². The summed E-state index contributed by atoms with van der Waals surface area (Å²) in [5.74, 6) is 1.79. The van der Waals surface area contributed by atoms with E-state index >= 15 is 0 Å². The van der Waals surface area contributed by atoms with Crippen molar-refractivity contribution in [1.29, 1.82) is 0 Å². The van der Waals surface area contributed by atoms with Crippen molar-refractivity contribution in [2.45, 2.75) is 45.6 Å². The Bertz CT molecular complexity index is 543.